The zero-order valence-electron chi connectivity index (χ0n) is 10.4. The van der Waals surface area contributed by atoms with Crippen LogP contribution in [0.3, 0.4) is 0 Å². The molecule has 0 saturated heterocycles. The van der Waals surface area contributed by atoms with Gasteiger partial charge in [-0.3, -0.25) is 4.79 Å². The molecule has 0 aromatic carbocycles. The predicted molar refractivity (Wildman–Crippen MR) is 71.3 cm³/mol. The van der Waals surface area contributed by atoms with Crippen molar-refractivity contribution in [3.63, 3.8) is 0 Å². The van der Waals surface area contributed by atoms with Crippen molar-refractivity contribution < 1.29 is 14.3 Å². The molecule has 0 fully saturated rings. The zero-order valence-corrected chi connectivity index (χ0v) is 11.2. The van der Waals surface area contributed by atoms with Crippen molar-refractivity contribution in [1.82, 2.24) is 10.3 Å². The molecular formula is C11H15ClN4O3. The Kier molecular flexibility index (Phi) is 5.87. The lowest BCUT2D eigenvalue weighted by Crippen LogP contribution is -2.30. The molecule has 0 bridgehead atoms. The fraction of sp³-hybridized carbons (Fsp3) is 0.364. The number of carbonyl (C=O) groups excluding carboxylic acids is 2. The van der Waals surface area contributed by atoms with Gasteiger partial charge in [-0.15, -0.1) is 0 Å². The Morgan fingerprint density at radius 1 is 1.47 bits per heavy atom. The first-order valence-corrected chi connectivity index (χ1v) is 6.03. The first-order chi connectivity index (χ1) is 9.04. The Morgan fingerprint density at radius 3 is 2.84 bits per heavy atom. The molecule has 0 unspecified atom stereocenters. The van der Waals surface area contributed by atoms with E-state index in [2.05, 4.69) is 20.4 Å². The van der Waals surface area contributed by atoms with Gasteiger partial charge in [0.05, 0.1) is 11.6 Å². The molecule has 0 aliphatic carbocycles. The number of amides is 2. The number of aromatic nitrogens is 1. The highest BCUT2D eigenvalue weighted by molar-refractivity contribution is 6.33. The molecule has 0 atom stereocenters. The van der Waals surface area contributed by atoms with E-state index in [1.165, 1.54) is 0 Å². The number of hydrogen-bond donors (Lipinski definition) is 3. The third-order valence-corrected chi connectivity index (χ3v) is 2.36. The quantitative estimate of drug-likeness (QED) is 0.676. The predicted octanol–water partition coefficient (Wildman–Crippen LogP) is 0.992. The number of rotatable bonds is 6. The van der Waals surface area contributed by atoms with Crippen molar-refractivity contribution in [2.45, 2.75) is 6.92 Å². The van der Waals surface area contributed by atoms with Crippen LogP contribution in [-0.4, -0.2) is 36.7 Å². The van der Waals surface area contributed by atoms with Gasteiger partial charge >= 0.3 is 6.09 Å². The van der Waals surface area contributed by atoms with Gasteiger partial charge < -0.3 is 21.1 Å². The number of primary amides is 1. The normalized spacial score (nSPS) is 9.79. The molecule has 1 heterocycles. The lowest BCUT2D eigenvalue weighted by molar-refractivity contribution is 0.0932. The highest BCUT2D eigenvalue weighted by Gasteiger charge is 2.12. The average Bonchev–Trinajstić information content (AvgIpc) is 2.36. The van der Waals surface area contributed by atoms with Crippen LogP contribution in [0.5, 0.6) is 0 Å². The van der Waals surface area contributed by atoms with Gasteiger partial charge in [-0.05, 0) is 19.1 Å². The van der Waals surface area contributed by atoms with Gasteiger partial charge in [0.25, 0.3) is 5.91 Å². The maximum Gasteiger partial charge on any atom is 0.404 e. The van der Waals surface area contributed by atoms with Crippen molar-refractivity contribution in [3.8, 4) is 0 Å². The number of halogens is 1. The topological polar surface area (TPSA) is 106 Å². The molecule has 0 aliphatic rings. The third kappa shape index (κ3) is 5.01. The molecule has 0 saturated carbocycles. The molecule has 19 heavy (non-hydrogen) atoms. The van der Waals surface area contributed by atoms with Gasteiger partial charge in [0, 0.05) is 6.54 Å². The molecule has 2 amide bonds. The molecule has 7 nitrogen and oxygen atoms in total. The summed E-state index contributed by atoms with van der Waals surface area (Å²) >= 11 is 5.90. The van der Waals surface area contributed by atoms with E-state index in [4.69, 9.17) is 17.3 Å². The standard InChI is InChI=1S/C11H15ClN4O3/c1-2-14-8-4-3-7(12)9(16-8)10(17)15-5-6-19-11(13)18/h3-4H,2,5-6H2,1H3,(H2,13,18)(H,14,16)(H,15,17). The number of pyridine rings is 1. The summed E-state index contributed by atoms with van der Waals surface area (Å²) in [7, 11) is 0. The third-order valence-electron chi connectivity index (χ3n) is 2.05. The highest BCUT2D eigenvalue weighted by Crippen LogP contribution is 2.16. The Labute approximate surface area is 115 Å². The minimum absolute atomic E-state index is 0.00834. The van der Waals surface area contributed by atoms with Gasteiger partial charge in [0.15, 0.2) is 0 Å². The second kappa shape index (κ2) is 7.42. The van der Waals surface area contributed by atoms with Crippen molar-refractivity contribution in [2.75, 3.05) is 25.0 Å². The molecule has 0 aliphatic heterocycles. The first-order valence-electron chi connectivity index (χ1n) is 5.65. The van der Waals surface area contributed by atoms with Crippen LogP contribution in [0.1, 0.15) is 17.4 Å². The molecule has 4 N–H and O–H groups in total. The number of ether oxygens (including phenoxy) is 1. The van der Waals surface area contributed by atoms with E-state index >= 15 is 0 Å². The summed E-state index contributed by atoms with van der Waals surface area (Å²) in [5.74, 6) is 0.114. The Bertz CT molecular complexity index is 467. The van der Waals surface area contributed by atoms with E-state index in [1.807, 2.05) is 6.92 Å². The van der Waals surface area contributed by atoms with E-state index < -0.39 is 12.0 Å². The van der Waals surface area contributed by atoms with Crippen molar-refractivity contribution in [1.29, 1.82) is 0 Å². The lowest BCUT2D eigenvalue weighted by Gasteiger charge is -2.08. The molecular weight excluding hydrogens is 272 g/mol. The van der Waals surface area contributed by atoms with E-state index in [0.717, 1.165) is 0 Å². The highest BCUT2D eigenvalue weighted by atomic mass is 35.5. The van der Waals surface area contributed by atoms with Gasteiger partial charge in [0.1, 0.15) is 18.1 Å². The molecule has 1 aromatic heterocycles. The van der Waals surface area contributed by atoms with E-state index in [0.29, 0.717) is 12.4 Å². The molecule has 104 valence electrons. The van der Waals surface area contributed by atoms with Gasteiger partial charge in [-0.2, -0.15) is 0 Å². The summed E-state index contributed by atoms with van der Waals surface area (Å²) in [5, 5.41) is 5.74. The Balaban J connectivity index is 2.60. The van der Waals surface area contributed by atoms with E-state index in [-0.39, 0.29) is 23.9 Å². The second-order valence-electron chi connectivity index (χ2n) is 3.48. The number of nitrogens with one attached hydrogen (secondary N) is 2. The number of anilines is 1. The van der Waals surface area contributed by atoms with Crippen LogP contribution in [0.4, 0.5) is 10.6 Å². The average molecular weight is 287 g/mol. The molecule has 1 rings (SSSR count). The molecule has 0 spiro atoms. The van der Waals surface area contributed by atoms with E-state index in [1.54, 1.807) is 12.1 Å². The van der Waals surface area contributed by atoms with Crippen LogP contribution < -0.4 is 16.4 Å². The van der Waals surface area contributed by atoms with Gasteiger partial charge in [0.2, 0.25) is 0 Å². The minimum Gasteiger partial charge on any atom is -0.448 e. The van der Waals surface area contributed by atoms with Crippen LogP contribution in [0, 0.1) is 0 Å². The van der Waals surface area contributed by atoms with Gasteiger partial charge in [-0.25, -0.2) is 9.78 Å². The fourth-order valence-corrected chi connectivity index (χ4v) is 1.47. The maximum atomic E-state index is 11.8. The largest absolute Gasteiger partial charge is 0.448 e. The minimum atomic E-state index is -0.889. The molecule has 8 heteroatoms. The SMILES string of the molecule is CCNc1ccc(Cl)c(C(=O)NCCOC(N)=O)n1. The first kappa shape index (κ1) is 15.0. The zero-order chi connectivity index (χ0) is 14.3. The summed E-state index contributed by atoms with van der Waals surface area (Å²) in [5.41, 5.74) is 4.89. The Hall–Kier alpha value is -2.02. The monoisotopic (exact) mass is 286 g/mol. The van der Waals surface area contributed by atoms with E-state index in [9.17, 15) is 9.59 Å². The van der Waals surface area contributed by atoms with Crippen LogP contribution in [0.2, 0.25) is 5.02 Å². The summed E-state index contributed by atoms with van der Waals surface area (Å²) < 4.78 is 4.48. The number of hydrogen-bond acceptors (Lipinski definition) is 5. The summed E-state index contributed by atoms with van der Waals surface area (Å²) in [6, 6.07) is 3.26. The summed E-state index contributed by atoms with van der Waals surface area (Å²) in [4.78, 5) is 26.2. The van der Waals surface area contributed by atoms with Crippen LogP contribution in [0.15, 0.2) is 12.1 Å². The van der Waals surface area contributed by atoms with Crippen molar-refractivity contribution >= 4 is 29.4 Å². The number of carbonyl (C=O) groups is 2. The van der Waals surface area contributed by atoms with Crippen LogP contribution >= 0.6 is 11.6 Å². The van der Waals surface area contributed by atoms with Gasteiger partial charge in [-0.1, -0.05) is 11.6 Å². The number of nitrogens with two attached hydrogens (primary N) is 1. The van der Waals surface area contributed by atoms with Crippen LogP contribution in [-0.2, 0) is 4.74 Å². The Morgan fingerprint density at radius 2 is 2.21 bits per heavy atom. The summed E-state index contributed by atoms with van der Waals surface area (Å²) in [6.45, 7) is 2.72. The number of nitrogens with zero attached hydrogens (tertiary/aromatic N) is 1. The second-order valence-corrected chi connectivity index (χ2v) is 3.89. The molecule has 1 aromatic rings. The van der Waals surface area contributed by atoms with Crippen molar-refractivity contribution in [2.24, 2.45) is 5.73 Å². The van der Waals surface area contributed by atoms with Crippen LogP contribution in [0.25, 0.3) is 0 Å². The van der Waals surface area contributed by atoms with Crippen molar-refractivity contribution in [3.05, 3.63) is 22.8 Å². The maximum absolute atomic E-state index is 11.8. The fourth-order valence-electron chi connectivity index (χ4n) is 1.28. The molecule has 0 radical (unpaired) electrons. The summed E-state index contributed by atoms with van der Waals surface area (Å²) in [6.07, 6.45) is -0.889. The smallest absolute Gasteiger partial charge is 0.404 e. The lowest BCUT2D eigenvalue weighted by atomic mass is 10.3.